The Morgan fingerprint density at radius 1 is 1.25 bits per heavy atom. The van der Waals surface area contributed by atoms with Crippen LogP contribution in [0.4, 0.5) is 0 Å². The van der Waals surface area contributed by atoms with Crippen molar-refractivity contribution < 1.29 is 0 Å². The zero-order valence-corrected chi connectivity index (χ0v) is 10.3. The lowest BCUT2D eigenvalue weighted by Crippen LogP contribution is -2.38. The lowest BCUT2D eigenvalue weighted by Gasteiger charge is -2.41. The van der Waals surface area contributed by atoms with Gasteiger partial charge >= 0.3 is 0 Å². The summed E-state index contributed by atoms with van der Waals surface area (Å²) >= 11 is 0. The van der Waals surface area contributed by atoms with Crippen LogP contribution in [0, 0.1) is 17.2 Å². The number of nitrogens with zero attached hydrogens (tertiary/aromatic N) is 1. The molecule has 1 aromatic carbocycles. The van der Waals surface area contributed by atoms with Crippen LogP contribution in [-0.4, -0.2) is 0 Å². The molecule has 0 aliphatic heterocycles. The molecule has 1 fully saturated rings. The first-order valence-electron chi connectivity index (χ1n) is 6.09. The molecule has 0 unspecified atom stereocenters. The molecule has 0 saturated heterocycles. The molecule has 0 N–H and O–H groups in total. The van der Waals surface area contributed by atoms with Crippen molar-refractivity contribution in [3.8, 4) is 6.07 Å². The first kappa shape index (κ1) is 11.2. The maximum absolute atomic E-state index is 9.34. The van der Waals surface area contributed by atoms with E-state index in [1.54, 1.807) is 0 Å². The number of hydrogen-bond donors (Lipinski definition) is 0. The van der Waals surface area contributed by atoms with Crippen molar-refractivity contribution in [1.82, 2.24) is 0 Å². The van der Waals surface area contributed by atoms with Crippen LogP contribution >= 0.6 is 0 Å². The molecule has 16 heavy (non-hydrogen) atoms. The average molecular weight is 213 g/mol. The van der Waals surface area contributed by atoms with E-state index in [1.807, 2.05) is 0 Å². The van der Waals surface area contributed by atoms with E-state index in [9.17, 15) is 5.26 Å². The minimum Gasteiger partial charge on any atom is -0.197 e. The Labute approximate surface area is 98.1 Å². The van der Waals surface area contributed by atoms with Gasteiger partial charge in [-0.2, -0.15) is 5.26 Å². The van der Waals surface area contributed by atoms with E-state index in [0.717, 1.165) is 12.8 Å². The fraction of sp³-hybridized carbons (Fsp3) is 0.533. The Balaban J connectivity index is 2.25. The number of rotatable bonds is 2. The first-order valence-corrected chi connectivity index (χ1v) is 6.09. The molecule has 0 heterocycles. The molecule has 0 bridgehead atoms. The second kappa shape index (κ2) is 3.94. The highest BCUT2D eigenvalue weighted by molar-refractivity contribution is 5.38. The quantitative estimate of drug-likeness (QED) is 0.728. The van der Waals surface area contributed by atoms with Gasteiger partial charge in [-0.3, -0.25) is 0 Å². The van der Waals surface area contributed by atoms with Gasteiger partial charge in [-0.1, -0.05) is 45.0 Å². The monoisotopic (exact) mass is 213 g/mol. The Hall–Kier alpha value is -1.29. The average Bonchev–Trinajstić information content (AvgIpc) is 2.24. The number of nitriles is 1. The summed E-state index contributed by atoms with van der Waals surface area (Å²) in [6, 6.07) is 11.1. The van der Waals surface area contributed by atoms with Gasteiger partial charge in [0.2, 0.25) is 0 Å². The van der Waals surface area contributed by atoms with Gasteiger partial charge in [-0.05, 0) is 35.8 Å². The van der Waals surface area contributed by atoms with E-state index in [-0.39, 0.29) is 5.41 Å². The Morgan fingerprint density at radius 2 is 1.81 bits per heavy atom. The predicted octanol–water partition coefficient (Wildman–Crippen LogP) is 4.00. The molecular weight excluding hydrogens is 194 g/mol. The van der Waals surface area contributed by atoms with Gasteiger partial charge in [0.05, 0.1) is 11.5 Å². The zero-order chi connectivity index (χ0) is 11.8. The van der Waals surface area contributed by atoms with Crippen molar-refractivity contribution >= 4 is 0 Å². The van der Waals surface area contributed by atoms with E-state index in [0.29, 0.717) is 11.8 Å². The number of hydrogen-bond acceptors (Lipinski definition) is 1. The molecule has 1 nitrogen and oxygen atoms in total. The molecule has 0 aromatic heterocycles. The van der Waals surface area contributed by atoms with E-state index in [1.165, 1.54) is 11.1 Å². The van der Waals surface area contributed by atoms with Crippen LogP contribution in [0.2, 0.25) is 0 Å². The Kier molecular flexibility index (Phi) is 2.76. The third kappa shape index (κ3) is 1.73. The van der Waals surface area contributed by atoms with Crippen LogP contribution in [0.15, 0.2) is 24.3 Å². The molecule has 1 aromatic rings. The Morgan fingerprint density at radius 3 is 2.19 bits per heavy atom. The van der Waals surface area contributed by atoms with Crippen molar-refractivity contribution in [2.45, 2.75) is 44.9 Å². The first-order chi connectivity index (χ1) is 7.57. The second-order valence-electron chi connectivity index (χ2n) is 5.48. The summed E-state index contributed by atoms with van der Waals surface area (Å²) in [5, 5.41) is 9.34. The van der Waals surface area contributed by atoms with E-state index < -0.39 is 0 Å². The van der Waals surface area contributed by atoms with Crippen LogP contribution in [0.3, 0.4) is 0 Å². The van der Waals surface area contributed by atoms with Gasteiger partial charge in [0, 0.05) is 0 Å². The van der Waals surface area contributed by atoms with E-state index >= 15 is 0 Å². The van der Waals surface area contributed by atoms with Gasteiger partial charge < -0.3 is 0 Å². The molecule has 0 spiro atoms. The highest BCUT2D eigenvalue weighted by Crippen LogP contribution is 2.47. The topological polar surface area (TPSA) is 23.8 Å². The largest absolute Gasteiger partial charge is 0.197 e. The molecule has 1 aliphatic rings. The zero-order valence-electron chi connectivity index (χ0n) is 10.3. The molecule has 84 valence electrons. The van der Waals surface area contributed by atoms with Gasteiger partial charge in [-0.25, -0.2) is 0 Å². The van der Waals surface area contributed by atoms with Crippen LogP contribution in [-0.2, 0) is 5.41 Å². The maximum atomic E-state index is 9.34. The summed E-state index contributed by atoms with van der Waals surface area (Å²) in [6.45, 7) is 6.61. The van der Waals surface area contributed by atoms with Crippen LogP contribution in [0.1, 0.15) is 50.7 Å². The minimum absolute atomic E-state index is 0.186. The van der Waals surface area contributed by atoms with Crippen molar-refractivity contribution in [2.75, 3.05) is 0 Å². The summed E-state index contributed by atoms with van der Waals surface area (Å²) in [7, 11) is 0. The highest BCUT2D eigenvalue weighted by atomic mass is 14.5. The lowest BCUT2D eigenvalue weighted by atomic mass is 9.60. The van der Waals surface area contributed by atoms with Crippen molar-refractivity contribution in [3.63, 3.8) is 0 Å². The SMILES string of the molecule is CC1CC(C#N)(c2ccc(C(C)C)cc2)C1. The normalized spacial score (nSPS) is 28.6. The summed E-state index contributed by atoms with van der Waals surface area (Å²) in [5.74, 6) is 1.26. The molecule has 0 atom stereocenters. The van der Waals surface area contributed by atoms with Crippen LogP contribution in [0.25, 0.3) is 0 Å². The lowest BCUT2D eigenvalue weighted by molar-refractivity contribution is 0.217. The van der Waals surface area contributed by atoms with Crippen molar-refractivity contribution in [2.24, 2.45) is 5.92 Å². The fourth-order valence-corrected chi connectivity index (χ4v) is 2.71. The maximum Gasteiger partial charge on any atom is 0.0827 e. The summed E-state index contributed by atoms with van der Waals surface area (Å²) in [4.78, 5) is 0. The van der Waals surface area contributed by atoms with Crippen LogP contribution < -0.4 is 0 Å². The smallest absolute Gasteiger partial charge is 0.0827 e. The van der Waals surface area contributed by atoms with Crippen molar-refractivity contribution in [3.05, 3.63) is 35.4 Å². The van der Waals surface area contributed by atoms with Gasteiger partial charge in [0.1, 0.15) is 0 Å². The third-order valence-corrected chi connectivity index (χ3v) is 3.74. The molecule has 1 saturated carbocycles. The highest BCUT2D eigenvalue weighted by Gasteiger charge is 2.43. The molecule has 0 amide bonds. The van der Waals surface area contributed by atoms with Crippen molar-refractivity contribution in [1.29, 1.82) is 5.26 Å². The third-order valence-electron chi connectivity index (χ3n) is 3.74. The molecule has 2 rings (SSSR count). The summed E-state index contributed by atoms with van der Waals surface area (Å²) < 4.78 is 0. The standard InChI is InChI=1S/C15H19N/c1-11(2)13-4-6-14(7-5-13)15(10-16)8-12(3)9-15/h4-7,11-12H,8-9H2,1-3H3. The predicted molar refractivity (Wildman–Crippen MR) is 66.2 cm³/mol. The molecule has 1 aliphatic carbocycles. The number of benzene rings is 1. The van der Waals surface area contributed by atoms with Gasteiger partial charge in [0.25, 0.3) is 0 Å². The van der Waals surface area contributed by atoms with Crippen LogP contribution in [0.5, 0.6) is 0 Å². The molecular formula is C15H19N. The molecule has 0 radical (unpaired) electrons. The molecule has 1 heteroatoms. The van der Waals surface area contributed by atoms with E-state index in [4.69, 9.17) is 0 Å². The Bertz CT molecular complexity index is 402. The fourth-order valence-electron chi connectivity index (χ4n) is 2.71. The minimum atomic E-state index is -0.186. The van der Waals surface area contributed by atoms with Gasteiger partial charge in [0.15, 0.2) is 0 Å². The second-order valence-corrected chi connectivity index (χ2v) is 5.48. The van der Waals surface area contributed by atoms with E-state index in [2.05, 4.69) is 51.1 Å². The summed E-state index contributed by atoms with van der Waals surface area (Å²) in [5.41, 5.74) is 2.37. The van der Waals surface area contributed by atoms with Gasteiger partial charge in [-0.15, -0.1) is 0 Å². The summed E-state index contributed by atoms with van der Waals surface area (Å²) in [6.07, 6.45) is 2.04.